The predicted octanol–water partition coefficient (Wildman–Crippen LogP) is 2.38. The molecule has 3 nitrogen and oxygen atoms in total. The van der Waals surface area contributed by atoms with E-state index in [9.17, 15) is 4.79 Å². The first-order valence-corrected chi connectivity index (χ1v) is 6.23. The van der Waals surface area contributed by atoms with E-state index < -0.39 is 0 Å². The van der Waals surface area contributed by atoms with Gasteiger partial charge in [-0.3, -0.25) is 4.79 Å². The Kier molecular flexibility index (Phi) is 5.63. The van der Waals surface area contributed by atoms with Crippen LogP contribution in [0.15, 0.2) is 24.3 Å². The monoisotopic (exact) mass is 268 g/mol. The standard InChI is InChI=1S/C14H20N2O.ClH/c1-11-5-3-7-13(9-11)16(2)14(17)12-6-4-8-15-10-12;/h3,5,7,9,12,15H,4,6,8,10H2,1-2H3;1H/t12-;/m1./s1. The number of aryl methyl sites for hydroxylation is 1. The van der Waals surface area contributed by atoms with Crippen LogP contribution >= 0.6 is 12.4 Å². The molecule has 0 aromatic heterocycles. The molecule has 1 aromatic rings. The van der Waals surface area contributed by atoms with Crippen LogP contribution in [0.1, 0.15) is 18.4 Å². The Hall–Kier alpha value is -1.06. The Labute approximate surface area is 115 Å². The lowest BCUT2D eigenvalue weighted by Crippen LogP contribution is -2.41. The van der Waals surface area contributed by atoms with E-state index in [0.29, 0.717) is 0 Å². The van der Waals surface area contributed by atoms with Crippen LogP contribution in [-0.2, 0) is 4.79 Å². The number of nitrogens with zero attached hydrogens (tertiary/aromatic N) is 1. The zero-order chi connectivity index (χ0) is 12.3. The minimum Gasteiger partial charge on any atom is -0.316 e. The van der Waals surface area contributed by atoms with Crippen molar-refractivity contribution in [3.63, 3.8) is 0 Å². The van der Waals surface area contributed by atoms with E-state index in [0.717, 1.165) is 31.6 Å². The number of carbonyl (C=O) groups excluding carboxylic acids is 1. The summed E-state index contributed by atoms with van der Waals surface area (Å²) in [7, 11) is 1.87. The second-order valence-corrected chi connectivity index (χ2v) is 4.78. The van der Waals surface area contributed by atoms with Gasteiger partial charge in [-0.15, -0.1) is 12.4 Å². The number of hydrogen-bond donors (Lipinski definition) is 1. The van der Waals surface area contributed by atoms with E-state index in [1.165, 1.54) is 5.56 Å². The molecule has 1 heterocycles. The molecule has 1 N–H and O–H groups in total. The lowest BCUT2D eigenvalue weighted by atomic mass is 9.98. The molecule has 1 amide bonds. The van der Waals surface area contributed by atoms with Crippen molar-refractivity contribution < 1.29 is 4.79 Å². The number of hydrogen-bond acceptors (Lipinski definition) is 2. The van der Waals surface area contributed by atoms with Crippen molar-refractivity contribution in [1.82, 2.24) is 5.32 Å². The summed E-state index contributed by atoms with van der Waals surface area (Å²) in [5, 5.41) is 3.29. The lowest BCUT2D eigenvalue weighted by Gasteiger charge is -2.27. The predicted molar refractivity (Wildman–Crippen MR) is 77.4 cm³/mol. The average Bonchev–Trinajstić information content (AvgIpc) is 2.38. The van der Waals surface area contributed by atoms with Crippen LogP contribution in [0.4, 0.5) is 5.69 Å². The van der Waals surface area contributed by atoms with E-state index in [1.807, 2.05) is 38.2 Å². The SMILES string of the molecule is Cc1cccc(N(C)C(=O)[C@@H]2CCCNC2)c1.Cl. The third-order valence-corrected chi connectivity index (χ3v) is 3.37. The van der Waals surface area contributed by atoms with Gasteiger partial charge in [-0.2, -0.15) is 0 Å². The van der Waals surface area contributed by atoms with Crippen LogP contribution in [-0.4, -0.2) is 26.0 Å². The minimum absolute atomic E-state index is 0. The second-order valence-electron chi connectivity index (χ2n) is 4.78. The molecular weight excluding hydrogens is 248 g/mol. The number of carbonyl (C=O) groups is 1. The van der Waals surface area contributed by atoms with Gasteiger partial charge in [0.25, 0.3) is 0 Å². The van der Waals surface area contributed by atoms with E-state index in [4.69, 9.17) is 0 Å². The fraction of sp³-hybridized carbons (Fsp3) is 0.500. The third kappa shape index (κ3) is 3.47. The topological polar surface area (TPSA) is 32.3 Å². The Morgan fingerprint density at radius 2 is 2.22 bits per heavy atom. The zero-order valence-electron chi connectivity index (χ0n) is 11.0. The molecule has 0 bridgehead atoms. The Bertz CT molecular complexity index is 403. The Morgan fingerprint density at radius 3 is 2.83 bits per heavy atom. The minimum atomic E-state index is 0. The summed E-state index contributed by atoms with van der Waals surface area (Å²) in [6.45, 7) is 3.90. The van der Waals surface area contributed by atoms with Gasteiger partial charge >= 0.3 is 0 Å². The smallest absolute Gasteiger partial charge is 0.231 e. The molecular formula is C14H21ClN2O. The van der Waals surface area contributed by atoms with Crippen LogP contribution in [0.5, 0.6) is 0 Å². The third-order valence-electron chi connectivity index (χ3n) is 3.37. The normalized spacial score (nSPS) is 18.9. The summed E-state index contributed by atoms with van der Waals surface area (Å²) < 4.78 is 0. The molecule has 0 spiro atoms. The summed E-state index contributed by atoms with van der Waals surface area (Å²) in [5.74, 6) is 0.358. The summed E-state index contributed by atoms with van der Waals surface area (Å²) in [6, 6.07) is 8.08. The van der Waals surface area contributed by atoms with E-state index in [1.54, 1.807) is 4.90 Å². The molecule has 0 saturated carbocycles. The van der Waals surface area contributed by atoms with Gasteiger partial charge in [-0.05, 0) is 44.0 Å². The number of anilines is 1. The van der Waals surface area contributed by atoms with Gasteiger partial charge in [0.1, 0.15) is 0 Å². The quantitative estimate of drug-likeness (QED) is 0.893. The highest BCUT2D eigenvalue weighted by atomic mass is 35.5. The molecule has 0 unspecified atom stereocenters. The molecule has 1 atom stereocenters. The maximum Gasteiger partial charge on any atom is 0.231 e. The highest BCUT2D eigenvalue weighted by Gasteiger charge is 2.24. The van der Waals surface area contributed by atoms with Gasteiger partial charge in [0.05, 0.1) is 5.92 Å². The maximum atomic E-state index is 12.3. The van der Waals surface area contributed by atoms with Gasteiger partial charge in [0, 0.05) is 19.3 Å². The van der Waals surface area contributed by atoms with Crippen molar-refractivity contribution in [2.24, 2.45) is 5.92 Å². The molecule has 4 heteroatoms. The lowest BCUT2D eigenvalue weighted by molar-refractivity contribution is -0.122. The molecule has 2 rings (SSSR count). The summed E-state index contributed by atoms with van der Waals surface area (Å²) in [4.78, 5) is 14.1. The van der Waals surface area contributed by atoms with Gasteiger partial charge in [-0.1, -0.05) is 12.1 Å². The van der Waals surface area contributed by atoms with Gasteiger partial charge in [0.15, 0.2) is 0 Å². The zero-order valence-corrected chi connectivity index (χ0v) is 11.8. The molecule has 1 fully saturated rings. The van der Waals surface area contributed by atoms with Crippen LogP contribution < -0.4 is 10.2 Å². The van der Waals surface area contributed by atoms with Crippen molar-refractivity contribution in [1.29, 1.82) is 0 Å². The Morgan fingerprint density at radius 1 is 1.44 bits per heavy atom. The fourth-order valence-electron chi connectivity index (χ4n) is 2.30. The highest BCUT2D eigenvalue weighted by molar-refractivity contribution is 5.94. The maximum absolute atomic E-state index is 12.3. The molecule has 100 valence electrons. The molecule has 18 heavy (non-hydrogen) atoms. The number of rotatable bonds is 2. The average molecular weight is 269 g/mol. The van der Waals surface area contributed by atoms with Crippen molar-refractivity contribution in [3.05, 3.63) is 29.8 Å². The molecule has 0 aliphatic carbocycles. The summed E-state index contributed by atoms with van der Waals surface area (Å²) in [6.07, 6.45) is 2.10. The van der Waals surface area contributed by atoms with Gasteiger partial charge < -0.3 is 10.2 Å². The van der Waals surface area contributed by atoms with E-state index in [-0.39, 0.29) is 24.2 Å². The first-order chi connectivity index (χ1) is 8.18. The first kappa shape index (κ1) is 15.0. The Balaban J connectivity index is 0.00000162. The number of piperidine rings is 1. The van der Waals surface area contributed by atoms with Gasteiger partial charge in [-0.25, -0.2) is 0 Å². The van der Waals surface area contributed by atoms with E-state index in [2.05, 4.69) is 5.32 Å². The molecule has 0 radical (unpaired) electrons. The molecule has 1 aromatic carbocycles. The van der Waals surface area contributed by atoms with Crippen molar-refractivity contribution in [2.75, 3.05) is 25.0 Å². The first-order valence-electron chi connectivity index (χ1n) is 6.23. The molecule has 1 saturated heterocycles. The fourth-order valence-corrected chi connectivity index (χ4v) is 2.30. The largest absolute Gasteiger partial charge is 0.316 e. The van der Waals surface area contributed by atoms with Crippen molar-refractivity contribution in [2.45, 2.75) is 19.8 Å². The van der Waals surface area contributed by atoms with Crippen molar-refractivity contribution in [3.8, 4) is 0 Å². The number of nitrogens with one attached hydrogen (secondary N) is 1. The number of halogens is 1. The number of amides is 1. The molecule has 1 aliphatic heterocycles. The number of benzene rings is 1. The summed E-state index contributed by atoms with van der Waals surface area (Å²) >= 11 is 0. The van der Waals surface area contributed by atoms with Crippen LogP contribution in [0, 0.1) is 12.8 Å². The van der Waals surface area contributed by atoms with Crippen LogP contribution in [0.2, 0.25) is 0 Å². The second kappa shape index (κ2) is 6.76. The highest BCUT2D eigenvalue weighted by Crippen LogP contribution is 2.19. The van der Waals surface area contributed by atoms with Crippen LogP contribution in [0.25, 0.3) is 0 Å². The summed E-state index contributed by atoms with van der Waals surface area (Å²) in [5.41, 5.74) is 2.17. The molecule has 1 aliphatic rings. The van der Waals surface area contributed by atoms with Crippen LogP contribution in [0.3, 0.4) is 0 Å². The van der Waals surface area contributed by atoms with Crippen molar-refractivity contribution >= 4 is 24.0 Å². The van der Waals surface area contributed by atoms with E-state index >= 15 is 0 Å². The van der Waals surface area contributed by atoms with Gasteiger partial charge in [0.2, 0.25) is 5.91 Å².